The maximum atomic E-state index is 13.4. The van der Waals surface area contributed by atoms with Crippen LogP contribution in [0.3, 0.4) is 0 Å². The Hall–Kier alpha value is -3.24. The van der Waals surface area contributed by atoms with Gasteiger partial charge in [0.25, 0.3) is 5.56 Å². The molecule has 3 rings (SSSR count). The molecule has 1 atom stereocenters. The second kappa shape index (κ2) is 11.0. The molecule has 1 N–H and O–H groups in total. The molecule has 9 nitrogen and oxygen atoms in total. The van der Waals surface area contributed by atoms with Crippen LogP contribution in [-0.4, -0.2) is 47.5 Å². The highest BCUT2D eigenvalue weighted by molar-refractivity contribution is 7.89. The van der Waals surface area contributed by atoms with Crippen molar-refractivity contribution >= 4 is 26.8 Å². The molecule has 0 aliphatic heterocycles. The number of amides is 1. The fourth-order valence-electron chi connectivity index (χ4n) is 4.12. The molecular weight excluding hydrogens is 468 g/mol. The minimum atomic E-state index is -4.17. The predicted octanol–water partition coefficient (Wildman–Crippen LogP) is 1.78. The standard InChI is InChI=1S/C25H32N4O5S/c1-5-14-29(15-6-2)24(31)21(16-18-10-8-7-9-11-18)26-35(33,34)19-12-13-22-20(17-19)23(30)28(4)25(32)27(22)3/h7-13,17,21,26H,5-6,14-16H2,1-4H3/t21-/m0/s1. The van der Waals surface area contributed by atoms with Gasteiger partial charge in [0, 0.05) is 27.2 Å². The van der Waals surface area contributed by atoms with E-state index >= 15 is 0 Å². The second-order valence-electron chi connectivity index (χ2n) is 8.57. The lowest BCUT2D eigenvalue weighted by atomic mass is 10.1. The van der Waals surface area contributed by atoms with Crippen LogP contribution in [0.4, 0.5) is 0 Å². The fraction of sp³-hybridized carbons (Fsp3) is 0.400. The van der Waals surface area contributed by atoms with Crippen LogP contribution in [0, 0.1) is 0 Å². The molecule has 1 heterocycles. The van der Waals surface area contributed by atoms with Crippen molar-refractivity contribution in [3.05, 3.63) is 74.9 Å². The molecule has 0 bridgehead atoms. The largest absolute Gasteiger partial charge is 0.341 e. The lowest BCUT2D eigenvalue weighted by Crippen LogP contribution is -2.50. The molecule has 0 aliphatic rings. The van der Waals surface area contributed by atoms with Crippen molar-refractivity contribution in [1.82, 2.24) is 18.8 Å². The number of rotatable bonds is 10. The number of hydrogen-bond donors (Lipinski definition) is 1. The van der Waals surface area contributed by atoms with Crippen molar-refractivity contribution in [2.75, 3.05) is 13.1 Å². The number of aryl methyl sites for hydroxylation is 1. The molecule has 0 radical (unpaired) electrons. The number of carbonyl (C=O) groups excluding carboxylic acids is 1. The van der Waals surface area contributed by atoms with Crippen molar-refractivity contribution in [2.24, 2.45) is 14.1 Å². The van der Waals surface area contributed by atoms with Crippen molar-refractivity contribution in [2.45, 2.75) is 44.0 Å². The van der Waals surface area contributed by atoms with Crippen LogP contribution in [0.2, 0.25) is 0 Å². The molecule has 0 saturated carbocycles. The van der Waals surface area contributed by atoms with Gasteiger partial charge in [-0.1, -0.05) is 44.2 Å². The summed E-state index contributed by atoms with van der Waals surface area (Å²) < 4.78 is 31.6. The van der Waals surface area contributed by atoms with Crippen LogP contribution >= 0.6 is 0 Å². The fourth-order valence-corrected chi connectivity index (χ4v) is 5.33. The van der Waals surface area contributed by atoms with Gasteiger partial charge in [-0.15, -0.1) is 0 Å². The molecule has 0 unspecified atom stereocenters. The third kappa shape index (κ3) is 5.71. The molecule has 1 amide bonds. The molecule has 2 aromatic carbocycles. The molecule has 0 saturated heterocycles. The van der Waals surface area contributed by atoms with Gasteiger partial charge in [0.05, 0.1) is 15.8 Å². The second-order valence-corrected chi connectivity index (χ2v) is 10.3. The molecule has 3 aromatic rings. The Labute approximate surface area is 205 Å². The number of benzene rings is 2. The van der Waals surface area contributed by atoms with Crippen molar-refractivity contribution in [3.63, 3.8) is 0 Å². The summed E-state index contributed by atoms with van der Waals surface area (Å²) in [6.45, 7) is 4.99. The summed E-state index contributed by atoms with van der Waals surface area (Å²) >= 11 is 0. The van der Waals surface area contributed by atoms with E-state index in [1.807, 2.05) is 44.2 Å². The Morgan fingerprint density at radius 2 is 1.60 bits per heavy atom. The molecule has 188 valence electrons. The number of sulfonamides is 1. The zero-order valence-corrected chi connectivity index (χ0v) is 21.3. The lowest BCUT2D eigenvalue weighted by molar-refractivity contribution is -0.133. The highest BCUT2D eigenvalue weighted by Gasteiger charge is 2.29. The Bertz CT molecular complexity index is 1420. The summed E-state index contributed by atoms with van der Waals surface area (Å²) in [4.78, 5) is 39.8. The van der Waals surface area contributed by atoms with E-state index in [0.717, 1.165) is 23.0 Å². The van der Waals surface area contributed by atoms with Gasteiger partial charge in [0.2, 0.25) is 15.9 Å². The highest BCUT2D eigenvalue weighted by Crippen LogP contribution is 2.17. The van der Waals surface area contributed by atoms with Crippen LogP contribution in [0.25, 0.3) is 10.9 Å². The van der Waals surface area contributed by atoms with Crippen molar-refractivity contribution < 1.29 is 13.2 Å². The average molecular weight is 501 g/mol. The number of aromatic nitrogens is 2. The topological polar surface area (TPSA) is 110 Å². The molecule has 35 heavy (non-hydrogen) atoms. The summed E-state index contributed by atoms with van der Waals surface area (Å²) in [6, 6.07) is 12.2. The summed E-state index contributed by atoms with van der Waals surface area (Å²) in [7, 11) is -1.31. The van der Waals surface area contributed by atoms with Gasteiger partial charge in [-0.05, 0) is 43.0 Å². The van der Waals surface area contributed by atoms with Gasteiger partial charge in [0.15, 0.2) is 0 Å². The Morgan fingerprint density at radius 1 is 0.971 bits per heavy atom. The lowest BCUT2D eigenvalue weighted by Gasteiger charge is -2.27. The molecule has 0 spiro atoms. The quantitative estimate of drug-likeness (QED) is 0.456. The summed E-state index contributed by atoms with van der Waals surface area (Å²) in [6.07, 6.45) is 1.69. The van der Waals surface area contributed by atoms with Gasteiger partial charge in [-0.3, -0.25) is 18.7 Å². The number of nitrogens with one attached hydrogen (secondary N) is 1. The van der Waals surface area contributed by atoms with E-state index in [-0.39, 0.29) is 22.6 Å². The first kappa shape index (κ1) is 26.4. The van der Waals surface area contributed by atoms with Gasteiger partial charge in [-0.25, -0.2) is 13.2 Å². The molecule has 1 aromatic heterocycles. The summed E-state index contributed by atoms with van der Waals surface area (Å²) in [5.74, 6) is -0.291. The monoisotopic (exact) mass is 500 g/mol. The van der Waals surface area contributed by atoms with Gasteiger partial charge < -0.3 is 4.90 Å². The minimum absolute atomic E-state index is 0.0991. The molecule has 0 fully saturated rings. The van der Waals surface area contributed by atoms with Crippen LogP contribution in [0.15, 0.2) is 63.0 Å². The molecule has 10 heteroatoms. The number of hydrogen-bond acceptors (Lipinski definition) is 5. The zero-order chi connectivity index (χ0) is 25.8. The average Bonchev–Trinajstić information content (AvgIpc) is 2.85. The van der Waals surface area contributed by atoms with Crippen molar-refractivity contribution in [3.8, 4) is 0 Å². The van der Waals surface area contributed by atoms with E-state index in [0.29, 0.717) is 18.6 Å². The molecule has 0 aliphatic carbocycles. The van der Waals surface area contributed by atoms with E-state index in [1.165, 1.54) is 36.9 Å². The Kier molecular flexibility index (Phi) is 8.29. The molecular formula is C25H32N4O5S. The summed E-state index contributed by atoms with van der Waals surface area (Å²) in [5, 5.41) is 0.0991. The SMILES string of the molecule is CCCN(CCC)C(=O)[C@H](Cc1ccccc1)NS(=O)(=O)c1ccc2c(c1)c(=O)n(C)c(=O)n2C. The van der Waals surface area contributed by atoms with Crippen LogP contribution in [0.5, 0.6) is 0 Å². The van der Waals surface area contributed by atoms with Crippen LogP contribution in [0.1, 0.15) is 32.3 Å². The van der Waals surface area contributed by atoms with E-state index in [2.05, 4.69) is 4.72 Å². The zero-order valence-electron chi connectivity index (χ0n) is 20.5. The Morgan fingerprint density at radius 3 is 2.20 bits per heavy atom. The number of nitrogens with zero attached hydrogens (tertiary/aromatic N) is 3. The first-order chi connectivity index (χ1) is 16.6. The predicted molar refractivity (Wildman–Crippen MR) is 136 cm³/mol. The van der Waals surface area contributed by atoms with Gasteiger partial charge in [0.1, 0.15) is 6.04 Å². The van der Waals surface area contributed by atoms with Crippen molar-refractivity contribution in [1.29, 1.82) is 0 Å². The number of fused-ring (bicyclic) bond motifs is 1. The highest BCUT2D eigenvalue weighted by atomic mass is 32.2. The third-order valence-corrected chi connectivity index (χ3v) is 7.39. The first-order valence-electron chi connectivity index (χ1n) is 11.7. The van der Waals surface area contributed by atoms with Gasteiger partial charge in [-0.2, -0.15) is 4.72 Å². The van der Waals surface area contributed by atoms with E-state index in [1.54, 1.807) is 4.90 Å². The van der Waals surface area contributed by atoms with E-state index in [9.17, 15) is 22.8 Å². The summed E-state index contributed by atoms with van der Waals surface area (Å²) in [5.41, 5.74) is 0.0562. The smallest absolute Gasteiger partial charge is 0.330 e. The van der Waals surface area contributed by atoms with Crippen LogP contribution in [-0.2, 0) is 35.3 Å². The minimum Gasteiger partial charge on any atom is -0.341 e. The number of carbonyl (C=O) groups is 1. The first-order valence-corrected chi connectivity index (χ1v) is 13.1. The third-order valence-electron chi connectivity index (χ3n) is 5.93. The normalized spacial score (nSPS) is 12.6. The van der Waals surface area contributed by atoms with Crippen LogP contribution < -0.4 is 16.0 Å². The maximum Gasteiger partial charge on any atom is 0.330 e. The van der Waals surface area contributed by atoms with E-state index in [4.69, 9.17) is 0 Å². The maximum absolute atomic E-state index is 13.4. The van der Waals surface area contributed by atoms with Gasteiger partial charge >= 0.3 is 5.69 Å². The Balaban J connectivity index is 2.03. The van der Waals surface area contributed by atoms with E-state index < -0.39 is 27.3 Å².